The summed E-state index contributed by atoms with van der Waals surface area (Å²) in [6, 6.07) is -0.200. The van der Waals surface area contributed by atoms with E-state index in [-0.39, 0.29) is 17.6 Å². The average molecular weight is 234 g/mol. The normalized spacial score (nSPS) is 29.1. The lowest BCUT2D eigenvalue weighted by molar-refractivity contribution is -0.887. The minimum atomic E-state index is -0.744. The highest BCUT2D eigenvalue weighted by Crippen LogP contribution is 2.13. The van der Waals surface area contributed by atoms with Gasteiger partial charge in [0.25, 0.3) is 0 Å². The number of nitrogens with zero attached hydrogens (tertiary/aromatic N) is 1. The van der Waals surface area contributed by atoms with Crippen molar-refractivity contribution in [3.05, 3.63) is 0 Å². The molecule has 0 radical (unpaired) electrons. The molecule has 0 aromatic rings. The van der Waals surface area contributed by atoms with Gasteiger partial charge in [0.15, 0.2) is 6.04 Å². The minimum absolute atomic E-state index is 0.0167. The molecule has 1 aliphatic rings. The molecule has 0 aromatic heterocycles. The van der Waals surface area contributed by atoms with Crippen molar-refractivity contribution in [1.82, 2.24) is 10.6 Å². The van der Waals surface area contributed by atoms with E-state index >= 15 is 0 Å². The van der Waals surface area contributed by atoms with Gasteiger partial charge < -0.3 is 9.59 Å². The lowest BCUT2D eigenvalue weighted by atomic mass is 10.1. The van der Waals surface area contributed by atoms with Gasteiger partial charge in [0, 0.05) is 19.0 Å². The zero-order chi connectivity index (χ0) is 11.6. The van der Waals surface area contributed by atoms with Crippen LogP contribution in [0.3, 0.4) is 0 Å². The van der Waals surface area contributed by atoms with Gasteiger partial charge in [-0.3, -0.25) is 10.6 Å². The summed E-state index contributed by atoms with van der Waals surface area (Å²) in [7, 11) is 5.71. The van der Waals surface area contributed by atoms with E-state index in [2.05, 4.69) is 23.3 Å². The molecule has 0 unspecified atom stereocenters. The third-order valence-corrected chi connectivity index (χ3v) is 3.01. The highest BCUT2D eigenvalue weighted by molar-refractivity contribution is 7.80. The number of carboxylic acid groups (broad SMARTS) is 1. The summed E-state index contributed by atoms with van der Waals surface area (Å²) < 4.78 is 0.435. The Labute approximate surface area is 95.8 Å². The zero-order valence-electron chi connectivity index (χ0n) is 9.40. The van der Waals surface area contributed by atoms with Gasteiger partial charge in [-0.15, -0.1) is 12.6 Å². The predicted octanol–water partition coefficient (Wildman–Crippen LogP) is -0.689. The van der Waals surface area contributed by atoms with Crippen LogP contribution < -0.4 is 10.6 Å². The standard InChI is InChI=1S/C9H19N3O2S/c1-12(2,3)7(8(13)14)4-6-5-10-9(15)11-6/h6-7,9-11H,4-5H2,1-3H3,(H-,13,14,15)/p+1/t6-,7-,9-/m0/s1. The van der Waals surface area contributed by atoms with Crippen LogP contribution in [0, 0.1) is 0 Å². The lowest BCUT2D eigenvalue weighted by Crippen LogP contribution is -2.52. The summed E-state index contributed by atoms with van der Waals surface area (Å²) in [5.41, 5.74) is -0.0167. The third-order valence-electron chi connectivity index (χ3n) is 2.68. The molecule has 6 heteroatoms. The van der Waals surface area contributed by atoms with Crippen molar-refractivity contribution >= 4 is 18.6 Å². The Morgan fingerprint density at radius 3 is 2.53 bits per heavy atom. The summed E-state index contributed by atoms with van der Waals surface area (Å²) >= 11 is 4.22. The number of hydrogen-bond acceptors (Lipinski definition) is 4. The highest BCUT2D eigenvalue weighted by Gasteiger charge is 2.35. The van der Waals surface area contributed by atoms with Crippen LogP contribution in [0.5, 0.6) is 0 Å². The van der Waals surface area contributed by atoms with Crippen LogP contribution in [0.1, 0.15) is 6.42 Å². The van der Waals surface area contributed by atoms with Crippen molar-refractivity contribution in [3.63, 3.8) is 0 Å². The van der Waals surface area contributed by atoms with E-state index < -0.39 is 5.97 Å². The molecule has 1 aliphatic heterocycles. The molecule has 3 N–H and O–H groups in total. The van der Waals surface area contributed by atoms with E-state index in [1.807, 2.05) is 21.1 Å². The number of hydrogen-bond donors (Lipinski definition) is 4. The fraction of sp³-hybridized carbons (Fsp3) is 0.889. The highest BCUT2D eigenvalue weighted by atomic mass is 32.1. The fourth-order valence-electron chi connectivity index (χ4n) is 1.76. The van der Waals surface area contributed by atoms with E-state index in [1.54, 1.807) is 0 Å². The minimum Gasteiger partial charge on any atom is -0.477 e. The number of quaternary nitrogens is 1. The predicted molar refractivity (Wildman–Crippen MR) is 61.8 cm³/mol. The van der Waals surface area contributed by atoms with Crippen molar-refractivity contribution in [2.75, 3.05) is 27.7 Å². The smallest absolute Gasteiger partial charge is 0.362 e. The number of rotatable bonds is 4. The first-order chi connectivity index (χ1) is 6.80. The molecular formula is C9H20N3O2S+. The van der Waals surface area contributed by atoms with Crippen molar-refractivity contribution in [2.24, 2.45) is 0 Å². The van der Waals surface area contributed by atoms with Crippen LogP contribution >= 0.6 is 12.6 Å². The van der Waals surface area contributed by atoms with Crippen molar-refractivity contribution in [1.29, 1.82) is 0 Å². The molecule has 5 nitrogen and oxygen atoms in total. The second-order valence-electron chi connectivity index (χ2n) is 4.88. The number of aliphatic carboxylic acids is 1. The Kier molecular flexibility index (Phi) is 3.99. The quantitative estimate of drug-likeness (QED) is 0.384. The molecule has 0 spiro atoms. The Balaban J connectivity index is 2.56. The van der Waals surface area contributed by atoms with Gasteiger partial charge in [-0.2, -0.15) is 0 Å². The summed E-state index contributed by atoms with van der Waals surface area (Å²) in [4.78, 5) is 11.1. The maximum atomic E-state index is 11.1. The number of carbonyl (C=O) groups is 1. The van der Waals surface area contributed by atoms with E-state index in [1.165, 1.54) is 0 Å². The SMILES string of the molecule is C[N+](C)(C)[C@@H](C[C@H]1CN[C@H](S)N1)C(=O)O. The largest absolute Gasteiger partial charge is 0.477 e. The molecule has 0 amide bonds. The Hall–Kier alpha value is -0.300. The van der Waals surface area contributed by atoms with Crippen LogP contribution in [-0.2, 0) is 4.79 Å². The van der Waals surface area contributed by atoms with Gasteiger partial charge >= 0.3 is 5.97 Å². The lowest BCUT2D eigenvalue weighted by Gasteiger charge is -2.32. The Bertz CT molecular complexity index is 242. The molecule has 0 aliphatic carbocycles. The maximum absolute atomic E-state index is 11.1. The van der Waals surface area contributed by atoms with Crippen LogP contribution in [0.15, 0.2) is 0 Å². The summed E-state index contributed by atoms with van der Waals surface area (Å²) in [6.07, 6.45) is 0.614. The Morgan fingerprint density at radius 1 is 1.60 bits per heavy atom. The number of thiol groups is 1. The van der Waals surface area contributed by atoms with E-state index in [4.69, 9.17) is 5.11 Å². The first kappa shape index (κ1) is 12.8. The molecule has 15 heavy (non-hydrogen) atoms. The first-order valence-electron chi connectivity index (χ1n) is 5.02. The molecular weight excluding hydrogens is 214 g/mol. The van der Waals surface area contributed by atoms with Gasteiger partial charge in [0.2, 0.25) is 0 Å². The monoisotopic (exact) mass is 234 g/mol. The van der Waals surface area contributed by atoms with Crippen LogP contribution in [0.2, 0.25) is 0 Å². The van der Waals surface area contributed by atoms with Crippen LogP contribution in [-0.4, -0.2) is 60.8 Å². The van der Waals surface area contributed by atoms with E-state index in [9.17, 15) is 4.79 Å². The molecule has 3 atom stereocenters. The zero-order valence-corrected chi connectivity index (χ0v) is 10.3. The van der Waals surface area contributed by atoms with Gasteiger partial charge in [0.05, 0.1) is 21.1 Å². The molecule has 1 heterocycles. The van der Waals surface area contributed by atoms with Crippen molar-refractivity contribution < 1.29 is 14.4 Å². The van der Waals surface area contributed by atoms with Gasteiger partial charge in [-0.25, -0.2) is 4.79 Å². The van der Waals surface area contributed by atoms with Gasteiger partial charge in [0.1, 0.15) is 5.50 Å². The molecule has 1 fully saturated rings. The fourth-order valence-corrected chi connectivity index (χ4v) is 2.08. The molecule has 88 valence electrons. The first-order valence-corrected chi connectivity index (χ1v) is 5.54. The molecule has 1 saturated heterocycles. The molecule has 1 rings (SSSR count). The maximum Gasteiger partial charge on any atom is 0.362 e. The Morgan fingerprint density at radius 2 is 2.20 bits per heavy atom. The second-order valence-corrected chi connectivity index (χ2v) is 5.40. The molecule has 0 bridgehead atoms. The van der Waals surface area contributed by atoms with Crippen molar-refractivity contribution in [3.8, 4) is 0 Å². The topological polar surface area (TPSA) is 61.4 Å². The van der Waals surface area contributed by atoms with E-state index in [0.717, 1.165) is 6.54 Å². The number of likely N-dealkylation sites (N-methyl/N-ethyl adjacent to an activating group) is 1. The second kappa shape index (κ2) is 4.69. The third kappa shape index (κ3) is 3.64. The van der Waals surface area contributed by atoms with Crippen molar-refractivity contribution in [2.45, 2.75) is 24.0 Å². The van der Waals surface area contributed by atoms with Crippen LogP contribution in [0.25, 0.3) is 0 Å². The summed E-state index contributed by atoms with van der Waals surface area (Å²) in [5.74, 6) is -0.744. The number of carboxylic acids is 1. The summed E-state index contributed by atoms with van der Waals surface area (Å²) in [5, 5.41) is 15.5. The molecule has 0 aromatic carbocycles. The average Bonchev–Trinajstić information content (AvgIpc) is 2.44. The molecule has 0 saturated carbocycles. The summed E-state index contributed by atoms with van der Waals surface area (Å²) in [6.45, 7) is 0.776. The van der Waals surface area contributed by atoms with Gasteiger partial charge in [-0.1, -0.05) is 0 Å². The van der Waals surface area contributed by atoms with Crippen LogP contribution in [0.4, 0.5) is 0 Å². The number of nitrogens with one attached hydrogen (secondary N) is 2. The van der Waals surface area contributed by atoms with Gasteiger partial charge in [-0.05, 0) is 0 Å². The van der Waals surface area contributed by atoms with E-state index in [0.29, 0.717) is 10.9 Å².